The van der Waals surface area contributed by atoms with E-state index < -0.39 is 0 Å². The Labute approximate surface area is 165 Å². The molecule has 2 N–H and O–H groups in total. The van der Waals surface area contributed by atoms with Crippen molar-refractivity contribution in [3.05, 3.63) is 59.2 Å². The molecule has 0 saturated heterocycles. The van der Waals surface area contributed by atoms with Crippen LogP contribution in [0.1, 0.15) is 42.4 Å². The van der Waals surface area contributed by atoms with Gasteiger partial charge in [-0.15, -0.1) is 0 Å². The SMILES string of the molecule is COC(=O)CCCCCOc1cccc(COc2ccc(CO)c(CO)c2)c1. The minimum Gasteiger partial charge on any atom is -0.494 e. The van der Waals surface area contributed by atoms with Crippen molar-refractivity contribution < 1.29 is 29.2 Å². The molecule has 6 heteroatoms. The molecule has 0 aromatic heterocycles. The van der Waals surface area contributed by atoms with Crippen molar-refractivity contribution in [1.82, 2.24) is 0 Å². The highest BCUT2D eigenvalue weighted by Crippen LogP contribution is 2.21. The third-order valence-electron chi connectivity index (χ3n) is 4.34. The van der Waals surface area contributed by atoms with Gasteiger partial charge in [-0.1, -0.05) is 18.2 Å². The first-order valence-electron chi connectivity index (χ1n) is 9.41. The molecule has 0 spiro atoms. The van der Waals surface area contributed by atoms with E-state index in [0.29, 0.717) is 36.5 Å². The number of rotatable bonds is 12. The normalized spacial score (nSPS) is 10.5. The van der Waals surface area contributed by atoms with Crippen LogP contribution in [-0.4, -0.2) is 29.9 Å². The molecule has 0 unspecified atom stereocenters. The molecule has 152 valence electrons. The van der Waals surface area contributed by atoms with Crippen molar-refractivity contribution in [3.8, 4) is 11.5 Å². The zero-order chi connectivity index (χ0) is 20.2. The maximum Gasteiger partial charge on any atom is 0.305 e. The highest BCUT2D eigenvalue weighted by Gasteiger charge is 2.05. The van der Waals surface area contributed by atoms with Crippen LogP contribution in [0.25, 0.3) is 0 Å². The number of aliphatic hydroxyl groups is 2. The second-order valence-corrected chi connectivity index (χ2v) is 6.42. The fourth-order valence-corrected chi connectivity index (χ4v) is 2.73. The molecule has 2 rings (SSSR count). The molecule has 0 radical (unpaired) electrons. The standard InChI is InChI=1S/C22H28O6/c1-26-22(25)8-3-2-4-11-27-20-7-5-6-17(12-20)16-28-21-10-9-18(14-23)19(13-21)15-24/h5-7,9-10,12-13,23-24H,2-4,8,11,14-16H2,1H3. The summed E-state index contributed by atoms with van der Waals surface area (Å²) in [6.45, 7) is 0.710. The molecule has 0 atom stereocenters. The summed E-state index contributed by atoms with van der Waals surface area (Å²) in [6.07, 6.45) is 3.03. The first-order chi connectivity index (χ1) is 13.7. The van der Waals surface area contributed by atoms with Crippen molar-refractivity contribution in [1.29, 1.82) is 0 Å². The molecule has 2 aromatic rings. The smallest absolute Gasteiger partial charge is 0.305 e. The number of hydrogen-bond acceptors (Lipinski definition) is 6. The van der Waals surface area contributed by atoms with Gasteiger partial charge in [-0.05, 0) is 60.2 Å². The minimum absolute atomic E-state index is 0.113. The van der Waals surface area contributed by atoms with Crippen molar-refractivity contribution >= 4 is 5.97 Å². The van der Waals surface area contributed by atoms with E-state index in [1.807, 2.05) is 24.3 Å². The molecular formula is C22H28O6. The summed E-state index contributed by atoms with van der Waals surface area (Å²) in [6, 6.07) is 13.0. The summed E-state index contributed by atoms with van der Waals surface area (Å²) < 4.78 is 16.2. The highest BCUT2D eigenvalue weighted by molar-refractivity contribution is 5.68. The van der Waals surface area contributed by atoms with Crippen molar-refractivity contribution in [2.75, 3.05) is 13.7 Å². The largest absolute Gasteiger partial charge is 0.494 e. The number of unbranched alkanes of at least 4 members (excludes halogenated alkanes) is 2. The van der Waals surface area contributed by atoms with E-state index in [9.17, 15) is 15.0 Å². The van der Waals surface area contributed by atoms with Crippen LogP contribution in [0.5, 0.6) is 11.5 Å². The van der Waals surface area contributed by atoms with Crippen LogP contribution in [0.2, 0.25) is 0 Å². The third kappa shape index (κ3) is 7.21. The van der Waals surface area contributed by atoms with Crippen LogP contribution in [0.4, 0.5) is 0 Å². The monoisotopic (exact) mass is 388 g/mol. The lowest BCUT2D eigenvalue weighted by atomic mass is 10.1. The molecule has 0 saturated carbocycles. The van der Waals surface area contributed by atoms with Gasteiger partial charge >= 0.3 is 5.97 Å². The molecular weight excluding hydrogens is 360 g/mol. The van der Waals surface area contributed by atoms with E-state index in [0.717, 1.165) is 30.6 Å². The number of esters is 1. The molecule has 28 heavy (non-hydrogen) atoms. The average molecular weight is 388 g/mol. The van der Waals surface area contributed by atoms with Gasteiger partial charge in [0.05, 0.1) is 26.9 Å². The van der Waals surface area contributed by atoms with E-state index in [2.05, 4.69) is 4.74 Å². The topological polar surface area (TPSA) is 85.2 Å². The Balaban J connectivity index is 1.77. The van der Waals surface area contributed by atoms with Crippen molar-refractivity contribution in [2.45, 2.75) is 45.5 Å². The molecule has 0 aliphatic rings. The van der Waals surface area contributed by atoms with Crippen LogP contribution < -0.4 is 9.47 Å². The maximum atomic E-state index is 11.0. The number of benzene rings is 2. The van der Waals surface area contributed by atoms with Gasteiger partial charge in [0.15, 0.2) is 0 Å². The molecule has 0 aliphatic heterocycles. The fraction of sp³-hybridized carbons (Fsp3) is 0.409. The average Bonchev–Trinajstić information content (AvgIpc) is 2.74. The van der Waals surface area contributed by atoms with Crippen LogP contribution in [0, 0.1) is 0 Å². The summed E-state index contributed by atoms with van der Waals surface area (Å²) in [7, 11) is 1.40. The predicted octanol–water partition coefficient (Wildman–Crippen LogP) is 3.36. The minimum atomic E-state index is -0.175. The molecule has 0 amide bonds. The van der Waals surface area contributed by atoms with Gasteiger partial charge < -0.3 is 24.4 Å². The number of carbonyl (C=O) groups is 1. The Kier molecular flexibility index (Phi) is 9.31. The van der Waals surface area contributed by atoms with E-state index in [-0.39, 0.29) is 19.2 Å². The lowest BCUT2D eigenvalue weighted by Gasteiger charge is -2.11. The first-order valence-corrected chi connectivity index (χ1v) is 9.41. The summed E-state index contributed by atoms with van der Waals surface area (Å²) in [5, 5.41) is 18.6. The van der Waals surface area contributed by atoms with E-state index in [1.54, 1.807) is 18.2 Å². The van der Waals surface area contributed by atoms with Gasteiger partial charge in [0.1, 0.15) is 18.1 Å². The zero-order valence-corrected chi connectivity index (χ0v) is 16.2. The molecule has 0 bridgehead atoms. The lowest BCUT2D eigenvalue weighted by Crippen LogP contribution is -2.02. The van der Waals surface area contributed by atoms with Crippen LogP contribution in [0.3, 0.4) is 0 Å². The van der Waals surface area contributed by atoms with Crippen molar-refractivity contribution in [3.63, 3.8) is 0 Å². The Bertz CT molecular complexity index is 744. The van der Waals surface area contributed by atoms with Gasteiger partial charge in [0.2, 0.25) is 0 Å². The Morgan fingerprint density at radius 3 is 2.43 bits per heavy atom. The molecule has 2 aromatic carbocycles. The summed E-state index contributed by atoms with van der Waals surface area (Å²) in [5.74, 6) is 1.24. The van der Waals surface area contributed by atoms with Crippen LogP contribution >= 0.6 is 0 Å². The Morgan fingerprint density at radius 2 is 1.68 bits per heavy atom. The van der Waals surface area contributed by atoms with E-state index in [1.165, 1.54) is 7.11 Å². The van der Waals surface area contributed by atoms with Gasteiger partial charge in [0.25, 0.3) is 0 Å². The highest BCUT2D eigenvalue weighted by atomic mass is 16.5. The maximum absolute atomic E-state index is 11.0. The van der Waals surface area contributed by atoms with Gasteiger partial charge in [-0.25, -0.2) is 0 Å². The van der Waals surface area contributed by atoms with E-state index in [4.69, 9.17) is 9.47 Å². The number of methoxy groups -OCH3 is 1. The second-order valence-electron chi connectivity index (χ2n) is 6.42. The van der Waals surface area contributed by atoms with E-state index >= 15 is 0 Å². The molecule has 0 heterocycles. The zero-order valence-electron chi connectivity index (χ0n) is 16.2. The molecule has 0 fully saturated rings. The summed E-state index contributed by atoms with van der Waals surface area (Å²) in [4.78, 5) is 11.0. The van der Waals surface area contributed by atoms with Gasteiger partial charge in [-0.2, -0.15) is 0 Å². The van der Waals surface area contributed by atoms with Crippen LogP contribution in [0.15, 0.2) is 42.5 Å². The molecule has 0 aliphatic carbocycles. The summed E-state index contributed by atoms with van der Waals surface area (Å²) >= 11 is 0. The molecule has 6 nitrogen and oxygen atoms in total. The summed E-state index contributed by atoms with van der Waals surface area (Å²) in [5.41, 5.74) is 2.32. The second kappa shape index (κ2) is 12.0. The lowest BCUT2D eigenvalue weighted by molar-refractivity contribution is -0.140. The fourth-order valence-electron chi connectivity index (χ4n) is 2.73. The van der Waals surface area contributed by atoms with Crippen LogP contribution in [-0.2, 0) is 29.4 Å². The number of hydrogen-bond donors (Lipinski definition) is 2. The third-order valence-corrected chi connectivity index (χ3v) is 4.34. The van der Waals surface area contributed by atoms with Crippen molar-refractivity contribution in [2.24, 2.45) is 0 Å². The Hall–Kier alpha value is -2.57. The number of aliphatic hydroxyl groups excluding tert-OH is 2. The Morgan fingerprint density at radius 1 is 0.893 bits per heavy atom. The number of ether oxygens (including phenoxy) is 3. The quantitative estimate of drug-likeness (QED) is 0.428. The van der Waals surface area contributed by atoms with Gasteiger partial charge in [0, 0.05) is 6.42 Å². The first kappa shape index (κ1) is 21.7. The van der Waals surface area contributed by atoms with Gasteiger partial charge in [-0.3, -0.25) is 4.79 Å². The predicted molar refractivity (Wildman–Crippen MR) is 105 cm³/mol. The number of carbonyl (C=O) groups excluding carboxylic acids is 1.